The maximum atomic E-state index is 8.98. The number of hydrogen-bond acceptors (Lipinski definition) is 6. The lowest BCUT2D eigenvalue weighted by Gasteiger charge is -2.34. The molecule has 0 amide bonds. The Kier molecular flexibility index (Phi) is 4.37. The fraction of sp³-hybridized carbons (Fsp3) is 0.400. The van der Waals surface area contributed by atoms with E-state index in [1.165, 1.54) is 0 Å². The summed E-state index contributed by atoms with van der Waals surface area (Å²) >= 11 is 0. The van der Waals surface area contributed by atoms with Gasteiger partial charge in [0.05, 0.1) is 18.0 Å². The minimum absolute atomic E-state index is 0.214. The standard InChI is InChI=1S/C15H19N5O/c21-12-11-19-7-9-20(10-8-19)15-17-6-4-14(18-15)13-3-1-2-5-16-13/h1-6,21H,7-12H2. The number of rotatable bonds is 4. The van der Waals surface area contributed by atoms with Crippen LogP contribution in [0, 0.1) is 0 Å². The molecule has 0 atom stereocenters. The van der Waals surface area contributed by atoms with Gasteiger partial charge >= 0.3 is 0 Å². The summed E-state index contributed by atoms with van der Waals surface area (Å²) < 4.78 is 0. The summed E-state index contributed by atoms with van der Waals surface area (Å²) in [6.07, 6.45) is 3.55. The first-order valence-corrected chi connectivity index (χ1v) is 7.19. The number of nitrogens with zero attached hydrogens (tertiary/aromatic N) is 5. The van der Waals surface area contributed by atoms with Gasteiger partial charge in [-0.15, -0.1) is 0 Å². The van der Waals surface area contributed by atoms with E-state index in [0.717, 1.165) is 50.1 Å². The highest BCUT2D eigenvalue weighted by atomic mass is 16.3. The summed E-state index contributed by atoms with van der Waals surface area (Å²) in [5.41, 5.74) is 1.71. The van der Waals surface area contributed by atoms with Crippen molar-refractivity contribution in [1.29, 1.82) is 0 Å². The predicted octanol–water partition coefficient (Wildman–Crippen LogP) is 0.653. The Morgan fingerprint density at radius 2 is 1.81 bits per heavy atom. The van der Waals surface area contributed by atoms with Gasteiger partial charge in [-0.3, -0.25) is 9.88 Å². The zero-order valence-electron chi connectivity index (χ0n) is 11.9. The summed E-state index contributed by atoms with van der Waals surface area (Å²) in [7, 11) is 0. The average molecular weight is 285 g/mol. The number of aliphatic hydroxyl groups excluding tert-OH is 1. The smallest absolute Gasteiger partial charge is 0.225 e. The van der Waals surface area contributed by atoms with Crippen LogP contribution in [0.4, 0.5) is 5.95 Å². The zero-order chi connectivity index (χ0) is 14.5. The summed E-state index contributed by atoms with van der Waals surface area (Å²) in [4.78, 5) is 17.8. The molecule has 0 spiro atoms. The second-order valence-electron chi connectivity index (χ2n) is 5.01. The SMILES string of the molecule is OCCN1CCN(c2nccc(-c3ccccn3)n2)CC1. The van der Waals surface area contributed by atoms with Gasteiger partial charge in [-0.05, 0) is 18.2 Å². The van der Waals surface area contributed by atoms with Crippen LogP contribution in [-0.4, -0.2) is 64.3 Å². The minimum Gasteiger partial charge on any atom is -0.395 e. The molecule has 110 valence electrons. The number of aliphatic hydroxyl groups is 1. The first kappa shape index (κ1) is 13.9. The van der Waals surface area contributed by atoms with E-state index in [1.54, 1.807) is 12.4 Å². The van der Waals surface area contributed by atoms with Crippen LogP contribution < -0.4 is 4.90 Å². The predicted molar refractivity (Wildman–Crippen MR) is 81.0 cm³/mol. The lowest BCUT2D eigenvalue weighted by atomic mass is 10.2. The number of aromatic nitrogens is 3. The van der Waals surface area contributed by atoms with Crippen LogP contribution in [0.5, 0.6) is 0 Å². The van der Waals surface area contributed by atoms with Crippen LogP contribution >= 0.6 is 0 Å². The molecule has 0 saturated carbocycles. The lowest BCUT2D eigenvalue weighted by Crippen LogP contribution is -2.47. The molecule has 2 aromatic rings. The fourth-order valence-electron chi connectivity index (χ4n) is 2.47. The molecule has 0 unspecified atom stereocenters. The molecule has 1 N–H and O–H groups in total. The lowest BCUT2D eigenvalue weighted by molar-refractivity contribution is 0.188. The van der Waals surface area contributed by atoms with Gasteiger partial charge in [0, 0.05) is 45.1 Å². The maximum Gasteiger partial charge on any atom is 0.225 e. The Bertz CT molecular complexity index is 569. The highest BCUT2D eigenvalue weighted by Crippen LogP contribution is 2.17. The van der Waals surface area contributed by atoms with Crippen LogP contribution in [0.15, 0.2) is 36.7 Å². The van der Waals surface area contributed by atoms with Gasteiger partial charge in [0.25, 0.3) is 0 Å². The molecular formula is C15H19N5O. The summed E-state index contributed by atoms with van der Waals surface area (Å²) in [5, 5.41) is 8.98. The van der Waals surface area contributed by atoms with Crippen molar-refractivity contribution in [2.24, 2.45) is 0 Å². The number of anilines is 1. The van der Waals surface area contributed by atoms with Gasteiger partial charge in [-0.1, -0.05) is 6.07 Å². The van der Waals surface area contributed by atoms with Crippen molar-refractivity contribution < 1.29 is 5.11 Å². The van der Waals surface area contributed by atoms with Crippen molar-refractivity contribution in [3.63, 3.8) is 0 Å². The molecule has 6 nitrogen and oxygen atoms in total. The van der Waals surface area contributed by atoms with Crippen LogP contribution in [0.3, 0.4) is 0 Å². The molecule has 1 aliphatic rings. The molecule has 3 rings (SSSR count). The van der Waals surface area contributed by atoms with Crippen LogP contribution in [0.25, 0.3) is 11.4 Å². The van der Waals surface area contributed by atoms with Gasteiger partial charge in [0.2, 0.25) is 5.95 Å². The molecule has 1 aliphatic heterocycles. The molecule has 6 heteroatoms. The van der Waals surface area contributed by atoms with Gasteiger partial charge in [0.1, 0.15) is 0 Å². The monoisotopic (exact) mass is 285 g/mol. The average Bonchev–Trinajstić information content (AvgIpc) is 2.57. The van der Waals surface area contributed by atoms with E-state index < -0.39 is 0 Å². The van der Waals surface area contributed by atoms with Crippen LogP contribution in [-0.2, 0) is 0 Å². The normalized spacial score (nSPS) is 16.1. The van der Waals surface area contributed by atoms with E-state index in [9.17, 15) is 0 Å². The molecule has 3 heterocycles. The van der Waals surface area contributed by atoms with Crippen molar-refractivity contribution in [1.82, 2.24) is 19.9 Å². The van der Waals surface area contributed by atoms with Crippen molar-refractivity contribution in [2.45, 2.75) is 0 Å². The second-order valence-corrected chi connectivity index (χ2v) is 5.01. The van der Waals surface area contributed by atoms with Crippen LogP contribution in [0.2, 0.25) is 0 Å². The van der Waals surface area contributed by atoms with Gasteiger partial charge in [0.15, 0.2) is 0 Å². The Morgan fingerprint density at radius 1 is 0.952 bits per heavy atom. The topological polar surface area (TPSA) is 65.4 Å². The number of pyridine rings is 1. The molecule has 0 aromatic carbocycles. The molecule has 21 heavy (non-hydrogen) atoms. The molecule has 0 aliphatic carbocycles. The summed E-state index contributed by atoms with van der Waals surface area (Å²) in [6.45, 7) is 4.57. The molecule has 2 aromatic heterocycles. The van der Waals surface area contributed by atoms with E-state index in [2.05, 4.69) is 24.8 Å². The number of β-amino-alcohol motifs (C(OH)–C–C–N with tert-alkyl or cyclic N) is 1. The fourth-order valence-corrected chi connectivity index (χ4v) is 2.47. The van der Waals surface area contributed by atoms with E-state index in [1.807, 2.05) is 24.3 Å². The van der Waals surface area contributed by atoms with Gasteiger partial charge < -0.3 is 10.0 Å². The Balaban J connectivity index is 1.72. The van der Waals surface area contributed by atoms with E-state index in [4.69, 9.17) is 5.11 Å². The van der Waals surface area contributed by atoms with Crippen molar-refractivity contribution in [2.75, 3.05) is 44.2 Å². The van der Waals surface area contributed by atoms with E-state index >= 15 is 0 Å². The quantitative estimate of drug-likeness (QED) is 0.890. The third kappa shape index (κ3) is 3.34. The van der Waals surface area contributed by atoms with E-state index in [0.29, 0.717) is 0 Å². The number of hydrogen-bond donors (Lipinski definition) is 1. The van der Waals surface area contributed by atoms with Gasteiger partial charge in [-0.2, -0.15) is 0 Å². The third-order valence-electron chi connectivity index (χ3n) is 3.64. The van der Waals surface area contributed by atoms with Gasteiger partial charge in [-0.25, -0.2) is 9.97 Å². The van der Waals surface area contributed by atoms with Crippen molar-refractivity contribution in [3.8, 4) is 11.4 Å². The molecule has 0 bridgehead atoms. The Hall–Kier alpha value is -2.05. The van der Waals surface area contributed by atoms with Crippen LogP contribution in [0.1, 0.15) is 0 Å². The first-order chi connectivity index (χ1) is 10.4. The molecular weight excluding hydrogens is 266 g/mol. The molecule has 0 radical (unpaired) electrons. The van der Waals surface area contributed by atoms with E-state index in [-0.39, 0.29) is 6.61 Å². The Morgan fingerprint density at radius 3 is 2.52 bits per heavy atom. The maximum absolute atomic E-state index is 8.98. The molecule has 1 saturated heterocycles. The first-order valence-electron chi connectivity index (χ1n) is 7.19. The van der Waals surface area contributed by atoms with Crippen molar-refractivity contribution >= 4 is 5.95 Å². The van der Waals surface area contributed by atoms with Crippen molar-refractivity contribution in [3.05, 3.63) is 36.7 Å². The highest BCUT2D eigenvalue weighted by Gasteiger charge is 2.18. The third-order valence-corrected chi connectivity index (χ3v) is 3.64. The molecule has 1 fully saturated rings. The Labute approximate surface area is 124 Å². The summed E-state index contributed by atoms with van der Waals surface area (Å²) in [5.74, 6) is 0.752. The zero-order valence-corrected chi connectivity index (χ0v) is 11.9. The minimum atomic E-state index is 0.214. The second kappa shape index (κ2) is 6.60. The number of piperazine rings is 1. The largest absolute Gasteiger partial charge is 0.395 e. The highest BCUT2D eigenvalue weighted by molar-refractivity contribution is 5.55. The summed E-state index contributed by atoms with van der Waals surface area (Å²) in [6, 6.07) is 7.68.